The van der Waals surface area contributed by atoms with Crippen molar-refractivity contribution in [1.82, 2.24) is 25.4 Å². The van der Waals surface area contributed by atoms with E-state index >= 15 is 0 Å². The van der Waals surface area contributed by atoms with E-state index in [4.69, 9.17) is 4.74 Å². The monoisotopic (exact) mass is 521 g/mol. The number of fused-ring (bicyclic) bond motifs is 1. The Labute approximate surface area is 215 Å². The van der Waals surface area contributed by atoms with Gasteiger partial charge in [-0.2, -0.15) is 5.10 Å². The first-order chi connectivity index (χ1) is 17.9. The number of ether oxygens (including phenoxy) is 1. The molecule has 1 aliphatic heterocycles. The molecule has 37 heavy (non-hydrogen) atoms. The van der Waals surface area contributed by atoms with Gasteiger partial charge < -0.3 is 15.0 Å². The Morgan fingerprint density at radius 2 is 2.14 bits per heavy atom. The Bertz CT molecular complexity index is 1520. The zero-order valence-corrected chi connectivity index (χ0v) is 20.8. The molecule has 0 saturated carbocycles. The highest BCUT2D eigenvalue weighted by atomic mass is 32.1. The number of nitrogens with one attached hydrogen (secondary N) is 2. The predicted octanol–water partition coefficient (Wildman–Crippen LogP) is 3.15. The molecule has 0 aliphatic carbocycles. The summed E-state index contributed by atoms with van der Waals surface area (Å²) >= 11 is 0.933. The molecule has 0 spiro atoms. The molecular weight excluding hydrogens is 497 g/mol. The zero-order chi connectivity index (χ0) is 25.9. The third kappa shape index (κ3) is 5.36. The van der Waals surface area contributed by atoms with Crippen LogP contribution in [0.3, 0.4) is 0 Å². The average Bonchev–Trinajstić information content (AvgIpc) is 3.33. The van der Waals surface area contributed by atoms with E-state index < -0.39 is 17.8 Å². The summed E-state index contributed by atoms with van der Waals surface area (Å²) in [6.07, 6.45) is 1.18. The standard InChI is InChI=1S/C26H24FN5O4S/c1-15-10-16(18-4-2-3-5-22(18)28-15)13-36-17-6-7-19(21(27)11-17)24(34)29-23-8-9-32(14-33)12-20(23)25-30-31-26(35)37-25/h2-7,10-11,14,20,23H,8-9,12-13H2,1H3,(H,29,34)(H,31,35)/t20-,23+/m0/s1. The van der Waals surface area contributed by atoms with Gasteiger partial charge in [-0.05, 0) is 37.6 Å². The molecule has 11 heteroatoms. The smallest absolute Gasteiger partial charge is 0.322 e. The molecular formula is C26H24FN5O4S. The summed E-state index contributed by atoms with van der Waals surface area (Å²) in [6.45, 7) is 2.86. The molecule has 190 valence electrons. The number of hydrogen-bond acceptors (Lipinski definition) is 7. The summed E-state index contributed by atoms with van der Waals surface area (Å²) < 4.78 is 20.8. The summed E-state index contributed by atoms with van der Waals surface area (Å²) in [4.78, 5) is 41.6. The molecule has 2 atom stereocenters. The summed E-state index contributed by atoms with van der Waals surface area (Å²) in [5.41, 5.74) is 2.52. The lowest BCUT2D eigenvalue weighted by Crippen LogP contribution is -2.49. The Morgan fingerprint density at radius 3 is 2.89 bits per heavy atom. The summed E-state index contributed by atoms with van der Waals surface area (Å²) in [6, 6.07) is 13.4. The molecule has 5 rings (SSSR count). The highest BCUT2D eigenvalue weighted by Gasteiger charge is 2.34. The number of aromatic nitrogens is 3. The minimum absolute atomic E-state index is 0.121. The number of carbonyl (C=O) groups excluding carboxylic acids is 2. The number of hydrogen-bond donors (Lipinski definition) is 2. The van der Waals surface area contributed by atoms with Crippen molar-refractivity contribution in [2.24, 2.45) is 0 Å². The zero-order valence-electron chi connectivity index (χ0n) is 19.9. The fraction of sp³-hybridized carbons (Fsp3) is 0.269. The molecule has 4 aromatic rings. The average molecular weight is 522 g/mol. The normalized spacial score (nSPS) is 17.5. The highest BCUT2D eigenvalue weighted by molar-refractivity contribution is 7.08. The maximum atomic E-state index is 15.0. The van der Waals surface area contributed by atoms with Crippen LogP contribution in [0.5, 0.6) is 5.75 Å². The number of nitrogens with zero attached hydrogens (tertiary/aromatic N) is 3. The van der Waals surface area contributed by atoms with E-state index in [0.29, 0.717) is 30.3 Å². The Balaban J connectivity index is 1.29. The first-order valence-corrected chi connectivity index (χ1v) is 12.6. The van der Waals surface area contributed by atoms with Crippen molar-refractivity contribution in [2.75, 3.05) is 13.1 Å². The number of rotatable bonds is 7. The molecule has 2 amide bonds. The Morgan fingerprint density at radius 1 is 1.30 bits per heavy atom. The van der Waals surface area contributed by atoms with Crippen LogP contribution in [0.1, 0.15) is 39.0 Å². The number of amides is 2. The van der Waals surface area contributed by atoms with E-state index in [9.17, 15) is 18.8 Å². The fourth-order valence-corrected chi connectivity index (χ4v) is 5.35. The SMILES string of the molecule is Cc1cc(COc2ccc(C(=O)N[C@@H]3CCN(C=O)C[C@@H]3c3n[nH]c(=O)s3)c(F)c2)c2ccccc2n1. The van der Waals surface area contributed by atoms with Crippen molar-refractivity contribution < 1.29 is 18.7 Å². The number of halogens is 1. The van der Waals surface area contributed by atoms with E-state index in [1.165, 1.54) is 12.1 Å². The number of aryl methyl sites for hydroxylation is 1. The summed E-state index contributed by atoms with van der Waals surface area (Å²) in [5, 5.41) is 10.7. The second kappa shape index (κ2) is 10.5. The van der Waals surface area contributed by atoms with Crippen molar-refractivity contribution in [2.45, 2.75) is 31.9 Å². The van der Waals surface area contributed by atoms with Crippen molar-refractivity contribution in [3.05, 3.63) is 85.8 Å². The number of pyridine rings is 1. The van der Waals surface area contributed by atoms with Gasteiger partial charge in [-0.1, -0.05) is 29.5 Å². The van der Waals surface area contributed by atoms with Gasteiger partial charge in [0, 0.05) is 41.8 Å². The number of aromatic amines is 1. The van der Waals surface area contributed by atoms with Crippen LogP contribution in [-0.4, -0.2) is 51.5 Å². The largest absolute Gasteiger partial charge is 0.489 e. The van der Waals surface area contributed by atoms with Gasteiger partial charge in [-0.25, -0.2) is 9.49 Å². The van der Waals surface area contributed by atoms with Crippen LogP contribution < -0.4 is 14.9 Å². The predicted molar refractivity (Wildman–Crippen MR) is 136 cm³/mol. The number of H-pyrrole nitrogens is 1. The molecule has 1 saturated heterocycles. The van der Waals surface area contributed by atoms with Gasteiger partial charge in [0.25, 0.3) is 5.91 Å². The van der Waals surface area contributed by atoms with E-state index in [1.54, 1.807) is 11.0 Å². The lowest BCUT2D eigenvalue weighted by atomic mass is 9.92. The number of para-hydroxylation sites is 1. The van der Waals surface area contributed by atoms with Crippen molar-refractivity contribution in [1.29, 1.82) is 0 Å². The van der Waals surface area contributed by atoms with Crippen LogP contribution in [0.15, 0.2) is 53.3 Å². The van der Waals surface area contributed by atoms with E-state index in [0.717, 1.165) is 39.9 Å². The quantitative estimate of drug-likeness (QED) is 0.361. The lowest BCUT2D eigenvalue weighted by molar-refractivity contribution is -0.119. The summed E-state index contributed by atoms with van der Waals surface area (Å²) in [5.74, 6) is -1.38. The highest BCUT2D eigenvalue weighted by Crippen LogP contribution is 2.28. The molecule has 0 radical (unpaired) electrons. The van der Waals surface area contributed by atoms with Crippen molar-refractivity contribution in [3.8, 4) is 5.75 Å². The minimum Gasteiger partial charge on any atom is -0.489 e. The van der Waals surface area contributed by atoms with Gasteiger partial charge in [0.15, 0.2) is 0 Å². The van der Waals surface area contributed by atoms with Gasteiger partial charge in [-0.15, -0.1) is 0 Å². The van der Waals surface area contributed by atoms with Crippen molar-refractivity contribution in [3.63, 3.8) is 0 Å². The third-order valence-electron chi connectivity index (χ3n) is 6.39. The second-order valence-electron chi connectivity index (χ2n) is 8.90. The first kappa shape index (κ1) is 24.6. The Hall–Kier alpha value is -4.12. The van der Waals surface area contributed by atoms with Crippen LogP contribution in [0.4, 0.5) is 4.39 Å². The number of benzene rings is 2. The van der Waals surface area contributed by atoms with Crippen LogP contribution in [0, 0.1) is 12.7 Å². The Kier molecular flexibility index (Phi) is 6.95. The van der Waals surface area contributed by atoms with Gasteiger partial charge in [0.05, 0.1) is 17.0 Å². The topological polar surface area (TPSA) is 117 Å². The molecule has 3 heterocycles. The van der Waals surface area contributed by atoms with Gasteiger partial charge in [-0.3, -0.25) is 19.4 Å². The molecule has 1 aliphatic rings. The van der Waals surface area contributed by atoms with Crippen LogP contribution >= 0.6 is 11.3 Å². The third-order valence-corrected chi connectivity index (χ3v) is 7.27. The molecule has 9 nitrogen and oxygen atoms in total. The van der Waals surface area contributed by atoms with Gasteiger partial charge >= 0.3 is 4.87 Å². The maximum absolute atomic E-state index is 15.0. The fourth-order valence-electron chi connectivity index (χ4n) is 4.59. The molecule has 0 bridgehead atoms. The maximum Gasteiger partial charge on any atom is 0.322 e. The number of likely N-dealkylation sites (tertiary alicyclic amines) is 1. The molecule has 2 N–H and O–H groups in total. The van der Waals surface area contributed by atoms with Crippen LogP contribution in [0.25, 0.3) is 10.9 Å². The lowest BCUT2D eigenvalue weighted by Gasteiger charge is -2.36. The van der Waals surface area contributed by atoms with E-state index in [2.05, 4.69) is 20.5 Å². The second-order valence-corrected chi connectivity index (χ2v) is 9.89. The van der Waals surface area contributed by atoms with E-state index in [1.807, 2.05) is 37.3 Å². The number of piperidine rings is 1. The molecule has 0 unspecified atom stereocenters. The summed E-state index contributed by atoms with van der Waals surface area (Å²) in [7, 11) is 0. The number of carbonyl (C=O) groups is 2. The van der Waals surface area contributed by atoms with Crippen molar-refractivity contribution >= 4 is 34.6 Å². The first-order valence-electron chi connectivity index (χ1n) is 11.7. The van der Waals surface area contributed by atoms with Crippen LogP contribution in [-0.2, 0) is 11.4 Å². The molecule has 1 fully saturated rings. The van der Waals surface area contributed by atoms with E-state index in [-0.39, 0.29) is 23.0 Å². The molecule has 2 aromatic heterocycles. The van der Waals surface area contributed by atoms with Gasteiger partial charge in [0.2, 0.25) is 6.41 Å². The minimum atomic E-state index is -0.711. The van der Waals surface area contributed by atoms with Crippen LogP contribution in [0.2, 0.25) is 0 Å². The molecule has 2 aromatic carbocycles. The van der Waals surface area contributed by atoms with Gasteiger partial charge in [0.1, 0.15) is 23.2 Å².